The zero-order valence-corrected chi connectivity index (χ0v) is 8.68. The van der Waals surface area contributed by atoms with Crippen LogP contribution >= 0.6 is 11.6 Å². The smallest absolute Gasteiger partial charge is 0.417 e. The molecule has 0 spiro atoms. The van der Waals surface area contributed by atoms with Crippen molar-refractivity contribution in [3.8, 4) is 5.75 Å². The summed E-state index contributed by atoms with van der Waals surface area (Å²) < 4.78 is 37.1. The fraction of sp³-hybridized carbons (Fsp3) is 0.333. The number of phenolic OH excluding ortho intramolecular Hbond substituents is 1. The highest BCUT2D eigenvalue weighted by atomic mass is 35.5. The number of phenols is 1. The first kappa shape index (κ1) is 13.1. The maximum atomic E-state index is 12.4. The molecule has 90 valence electrons. The standard InChI is InChI=1S/C9H9ClF3NO2/c10-6-1-4(7(14)3-15)8(16)2-5(6)9(11,12)13/h1-2,7,15-16H,3,14H2/t7-/m1/s1. The third kappa shape index (κ3) is 2.58. The summed E-state index contributed by atoms with van der Waals surface area (Å²) in [6.07, 6.45) is -4.64. The molecule has 1 rings (SSSR count). The average Bonchev–Trinajstić information content (AvgIpc) is 2.18. The van der Waals surface area contributed by atoms with Gasteiger partial charge in [-0.3, -0.25) is 0 Å². The average molecular weight is 256 g/mol. The summed E-state index contributed by atoms with van der Waals surface area (Å²) in [5, 5.41) is 17.5. The van der Waals surface area contributed by atoms with Crippen molar-refractivity contribution in [2.45, 2.75) is 12.2 Å². The molecular formula is C9H9ClF3NO2. The summed E-state index contributed by atoms with van der Waals surface area (Å²) in [4.78, 5) is 0. The number of rotatable bonds is 2. The van der Waals surface area contributed by atoms with Crippen LogP contribution in [-0.4, -0.2) is 16.8 Å². The second kappa shape index (κ2) is 4.48. The molecule has 0 aliphatic rings. The lowest BCUT2D eigenvalue weighted by Crippen LogP contribution is -2.15. The first-order valence-corrected chi connectivity index (χ1v) is 4.61. The van der Waals surface area contributed by atoms with Gasteiger partial charge in [0.15, 0.2) is 0 Å². The van der Waals surface area contributed by atoms with Crippen LogP contribution < -0.4 is 5.73 Å². The van der Waals surface area contributed by atoms with Crippen LogP contribution in [0.2, 0.25) is 5.02 Å². The number of alkyl halides is 3. The van der Waals surface area contributed by atoms with Gasteiger partial charge in [-0.1, -0.05) is 11.6 Å². The van der Waals surface area contributed by atoms with Crippen LogP contribution in [0.4, 0.5) is 13.2 Å². The van der Waals surface area contributed by atoms with E-state index in [0.717, 1.165) is 6.07 Å². The van der Waals surface area contributed by atoms with Gasteiger partial charge in [0, 0.05) is 5.56 Å². The third-order valence-corrected chi connectivity index (χ3v) is 2.33. The first-order chi connectivity index (χ1) is 7.27. The second-order valence-corrected chi connectivity index (χ2v) is 3.58. The monoisotopic (exact) mass is 255 g/mol. The Bertz CT molecular complexity index is 395. The van der Waals surface area contributed by atoms with Crippen LogP contribution in [0.5, 0.6) is 5.75 Å². The molecule has 0 aliphatic carbocycles. The molecule has 0 bridgehead atoms. The molecule has 16 heavy (non-hydrogen) atoms. The lowest BCUT2D eigenvalue weighted by molar-refractivity contribution is -0.137. The lowest BCUT2D eigenvalue weighted by atomic mass is 10.0. The summed E-state index contributed by atoms with van der Waals surface area (Å²) in [5.74, 6) is -0.640. The topological polar surface area (TPSA) is 66.5 Å². The van der Waals surface area contributed by atoms with E-state index in [-0.39, 0.29) is 5.56 Å². The van der Waals surface area contributed by atoms with E-state index < -0.39 is 35.2 Å². The Balaban J connectivity index is 3.28. The van der Waals surface area contributed by atoms with Crippen molar-refractivity contribution in [3.63, 3.8) is 0 Å². The van der Waals surface area contributed by atoms with Crippen molar-refractivity contribution in [1.29, 1.82) is 0 Å². The second-order valence-electron chi connectivity index (χ2n) is 3.18. The van der Waals surface area contributed by atoms with E-state index >= 15 is 0 Å². The molecule has 0 saturated carbocycles. The van der Waals surface area contributed by atoms with Crippen LogP contribution in [-0.2, 0) is 6.18 Å². The normalized spacial score (nSPS) is 13.9. The van der Waals surface area contributed by atoms with Crippen LogP contribution in [0, 0.1) is 0 Å². The predicted molar refractivity (Wildman–Crippen MR) is 52.1 cm³/mol. The lowest BCUT2D eigenvalue weighted by Gasteiger charge is -2.15. The summed E-state index contributed by atoms with van der Waals surface area (Å²) in [5.41, 5.74) is 4.21. The molecule has 0 radical (unpaired) electrons. The number of halogens is 4. The van der Waals surface area contributed by atoms with Crippen LogP contribution in [0.3, 0.4) is 0 Å². The van der Waals surface area contributed by atoms with Gasteiger partial charge in [-0.2, -0.15) is 13.2 Å². The highest BCUT2D eigenvalue weighted by Gasteiger charge is 2.34. The van der Waals surface area contributed by atoms with Crippen LogP contribution in [0.1, 0.15) is 17.2 Å². The van der Waals surface area contributed by atoms with Crippen molar-refractivity contribution in [3.05, 3.63) is 28.3 Å². The largest absolute Gasteiger partial charge is 0.508 e. The molecule has 0 fully saturated rings. The number of aliphatic hydroxyl groups is 1. The minimum Gasteiger partial charge on any atom is -0.508 e. The molecule has 0 aromatic heterocycles. The molecule has 1 aromatic rings. The molecular weight excluding hydrogens is 247 g/mol. The Morgan fingerprint density at radius 2 is 1.94 bits per heavy atom. The summed E-state index contributed by atoms with van der Waals surface area (Å²) in [6.45, 7) is -0.505. The number of benzene rings is 1. The van der Waals surface area contributed by atoms with E-state index in [9.17, 15) is 18.3 Å². The Kier molecular flexibility index (Phi) is 3.67. The molecule has 7 heteroatoms. The van der Waals surface area contributed by atoms with E-state index in [0.29, 0.717) is 6.07 Å². The van der Waals surface area contributed by atoms with Gasteiger partial charge in [0.1, 0.15) is 5.75 Å². The van der Waals surface area contributed by atoms with E-state index in [2.05, 4.69) is 0 Å². The van der Waals surface area contributed by atoms with Gasteiger partial charge < -0.3 is 15.9 Å². The van der Waals surface area contributed by atoms with Gasteiger partial charge in [0.2, 0.25) is 0 Å². The minimum atomic E-state index is -4.64. The molecule has 0 heterocycles. The fourth-order valence-electron chi connectivity index (χ4n) is 1.19. The maximum absolute atomic E-state index is 12.4. The zero-order valence-electron chi connectivity index (χ0n) is 7.92. The van der Waals surface area contributed by atoms with Crippen molar-refractivity contribution >= 4 is 11.6 Å². The van der Waals surface area contributed by atoms with Crippen molar-refractivity contribution in [2.24, 2.45) is 5.73 Å². The van der Waals surface area contributed by atoms with Crippen LogP contribution in [0.25, 0.3) is 0 Å². The minimum absolute atomic E-state index is 0.0273. The molecule has 1 aromatic carbocycles. The number of nitrogens with two attached hydrogens (primary N) is 1. The zero-order chi connectivity index (χ0) is 12.5. The molecule has 4 N–H and O–H groups in total. The quantitative estimate of drug-likeness (QED) is 0.758. The predicted octanol–water partition coefficient (Wildman–Crippen LogP) is 2.06. The molecule has 0 aliphatic heterocycles. The van der Waals surface area contributed by atoms with E-state index in [1.54, 1.807) is 0 Å². The van der Waals surface area contributed by atoms with Gasteiger partial charge in [0.25, 0.3) is 0 Å². The Morgan fingerprint density at radius 3 is 2.38 bits per heavy atom. The Labute approximate surface area is 94.3 Å². The van der Waals surface area contributed by atoms with E-state index in [1.165, 1.54) is 0 Å². The van der Waals surface area contributed by atoms with Gasteiger partial charge in [-0.25, -0.2) is 0 Å². The van der Waals surface area contributed by atoms with Crippen LogP contribution in [0.15, 0.2) is 12.1 Å². The number of aromatic hydroxyl groups is 1. The number of aliphatic hydroxyl groups excluding tert-OH is 1. The highest BCUT2D eigenvalue weighted by molar-refractivity contribution is 6.31. The van der Waals surface area contributed by atoms with Crippen molar-refractivity contribution in [1.82, 2.24) is 0 Å². The molecule has 0 saturated heterocycles. The fourth-order valence-corrected chi connectivity index (χ4v) is 1.47. The van der Waals surface area contributed by atoms with Gasteiger partial charge in [-0.05, 0) is 12.1 Å². The molecule has 0 unspecified atom stereocenters. The number of hydrogen-bond donors (Lipinski definition) is 3. The molecule has 3 nitrogen and oxygen atoms in total. The Hall–Kier alpha value is -0.980. The van der Waals surface area contributed by atoms with E-state index in [4.69, 9.17) is 22.4 Å². The van der Waals surface area contributed by atoms with Crippen molar-refractivity contribution < 1.29 is 23.4 Å². The first-order valence-electron chi connectivity index (χ1n) is 4.23. The third-order valence-electron chi connectivity index (χ3n) is 2.02. The van der Waals surface area contributed by atoms with E-state index in [1.807, 2.05) is 0 Å². The summed E-state index contributed by atoms with van der Waals surface area (Å²) in [7, 11) is 0. The summed E-state index contributed by atoms with van der Waals surface area (Å²) >= 11 is 5.42. The maximum Gasteiger partial charge on any atom is 0.417 e. The SMILES string of the molecule is N[C@H](CO)c1cc(Cl)c(C(F)(F)F)cc1O. The van der Waals surface area contributed by atoms with Gasteiger partial charge in [0.05, 0.1) is 23.2 Å². The Morgan fingerprint density at radius 1 is 1.38 bits per heavy atom. The van der Waals surface area contributed by atoms with Gasteiger partial charge >= 0.3 is 6.18 Å². The number of hydrogen-bond acceptors (Lipinski definition) is 3. The highest BCUT2D eigenvalue weighted by Crippen LogP contribution is 2.39. The molecule has 1 atom stereocenters. The van der Waals surface area contributed by atoms with Gasteiger partial charge in [-0.15, -0.1) is 0 Å². The molecule has 0 amide bonds. The summed E-state index contributed by atoms with van der Waals surface area (Å²) in [6, 6.07) is 0.424. The van der Waals surface area contributed by atoms with Crippen molar-refractivity contribution in [2.75, 3.05) is 6.61 Å².